The number of rotatable bonds is 1. The van der Waals surface area contributed by atoms with Crippen LogP contribution in [0, 0.1) is 13.8 Å². The number of hydrogen-bond donors (Lipinski definition) is 2. The molecule has 0 aliphatic heterocycles. The molecule has 0 saturated heterocycles. The third kappa shape index (κ3) is 2.05. The standard InChI is InChI=1S/C12H12F3N3/c1-6-3-4-7(2)8(5-6)9-10(12(13,14)15)17-18-11(9)16/h3-5H,1-2H3,(H3,16,17,18). The number of aryl methyl sites for hydroxylation is 2. The highest BCUT2D eigenvalue weighted by atomic mass is 19.4. The van der Waals surface area contributed by atoms with E-state index in [1.165, 1.54) is 0 Å². The predicted molar refractivity (Wildman–Crippen MR) is 62.9 cm³/mol. The van der Waals surface area contributed by atoms with Gasteiger partial charge in [0.05, 0.1) is 5.56 Å². The van der Waals surface area contributed by atoms with Gasteiger partial charge in [-0.15, -0.1) is 0 Å². The minimum Gasteiger partial charge on any atom is -0.382 e. The summed E-state index contributed by atoms with van der Waals surface area (Å²) < 4.78 is 38.6. The van der Waals surface area contributed by atoms with Crippen LogP contribution >= 0.6 is 0 Å². The Bertz CT molecular complexity index is 585. The van der Waals surface area contributed by atoms with Gasteiger partial charge < -0.3 is 5.73 Å². The SMILES string of the molecule is Cc1ccc(C)c(-c2c(N)n[nH]c2C(F)(F)F)c1. The first-order valence-electron chi connectivity index (χ1n) is 5.29. The van der Waals surface area contributed by atoms with Crippen molar-refractivity contribution in [1.29, 1.82) is 0 Å². The summed E-state index contributed by atoms with van der Waals surface area (Å²) in [5.74, 6) is -0.143. The van der Waals surface area contributed by atoms with Crippen LogP contribution in [0.25, 0.3) is 11.1 Å². The second kappa shape index (κ2) is 4.04. The number of nitrogens with zero attached hydrogens (tertiary/aromatic N) is 1. The molecule has 0 radical (unpaired) electrons. The van der Waals surface area contributed by atoms with Crippen molar-refractivity contribution in [3.63, 3.8) is 0 Å². The molecule has 96 valence electrons. The number of nitrogens with one attached hydrogen (secondary N) is 1. The minimum absolute atomic E-state index is 0.0799. The van der Waals surface area contributed by atoms with Crippen LogP contribution < -0.4 is 5.73 Å². The molecule has 3 nitrogen and oxygen atoms in total. The van der Waals surface area contributed by atoms with Gasteiger partial charge >= 0.3 is 6.18 Å². The minimum atomic E-state index is -4.50. The number of nitrogen functional groups attached to an aromatic ring is 1. The van der Waals surface area contributed by atoms with E-state index in [1.54, 1.807) is 19.1 Å². The van der Waals surface area contributed by atoms with E-state index in [-0.39, 0.29) is 11.4 Å². The maximum absolute atomic E-state index is 12.9. The summed E-state index contributed by atoms with van der Waals surface area (Å²) in [6.07, 6.45) is -4.50. The summed E-state index contributed by atoms with van der Waals surface area (Å²) in [5.41, 5.74) is 6.60. The lowest BCUT2D eigenvalue weighted by atomic mass is 9.98. The van der Waals surface area contributed by atoms with Crippen molar-refractivity contribution in [2.75, 3.05) is 5.73 Å². The van der Waals surface area contributed by atoms with Crippen molar-refractivity contribution in [2.24, 2.45) is 0 Å². The quantitative estimate of drug-likeness (QED) is 0.821. The average Bonchev–Trinajstić information content (AvgIpc) is 2.63. The van der Waals surface area contributed by atoms with Crippen molar-refractivity contribution in [1.82, 2.24) is 10.2 Å². The summed E-state index contributed by atoms with van der Waals surface area (Å²) in [5, 5.41) is 5.42. The number of hydrogen-bond acceptors (Lipinski definition) is 2. The second-order valence-electron chi connectivity index (χ2n) is 4.17. The number of H-pyrrole nitrogens is 1. The molecular formula is C12H12F3N3. The molecule has 0 amide bonds. The largest absolute Gasteiger partial charge is 0.433 e. The number of anilines is 1. The van der Waals surface area contributed by atoms with Gasteiger partial charge in [-0.1, -0.05) is 23.8 Å². The normalized spacial score (nSPS) is 11.8. The predicted octanol–water partition coefficient (Wildman–Crippen LogP) is 3.29. The van der Waals surface area contributed by atoms with Crippen LogP contribution in [0.15, 0.2) is 18.2 Å². The maximum Gasteiger partial charge on any atom is 0.433 e. The topological polar surface area (TPSA) is 54.7 Å². The molecule has 18 heavy (non-hydrogen) atoms. The van der Waals surface area contributed by atoms with Crippen LogP contribution in [0.2, 0.25) is 0 Å². The van der Waals surface area contributed by atoms with Gasteiger partial charge in [0.25, 0.3) is 0 Å². The number of halogens is 3. The van der Waals surface area contributed by atoms with E-state index >= 15 is 0 Å². The monoisotopic (exact) mass is 255 g/mol. The molecule has 0 atom stereocenters. The first kappa shape index (κ1) is 12.5. The lowest BCUT2D eigenvalue weighted by molar-refractivity contribution is -0.140. The molecule has 2 aromatic rings. The molecule has 0 unspecified atom stereocenters. The summed E-state index contributed by atoms with van der Waals surface area (Å²) >= 11 is 0. The van der Waals surface area contributed by atoms with Gasteiger partial charge in [-0.3, -0.25) is 5.10 Å². The molecule has 0 aliphatic rings. The zero-order chi connectivity index (χ0) is 13.5. The molecule has 1 aromatic carbocycles. The van der Waals surface area contributed by atoms with E-state index in [0.29, 0.717) is 5.56 Å². The van der Waals surface area contributed by atoms with Crippen molar-refractivity contribution in [3.8, 4) is 11.1 Å². The molecule has 6 heteroatoms. The fraction of sp³-hybridized carbons (Fsp3) is 0.250. The van der Waals surface area contributed by atoms with Crippen LogP contribution in [-0.4, -0.2) is 10.2 Å². The number of aromatic nitrogens is 2. The highest BCUT2D eigenvalue weighted by Crippen LogP contribution is 2.39. The van der Waals surface area contributed by atoms with Crippen LogP contribution in [0.1, 0.15) is 16.8 Å². The fourth-order valence-corrected chi connectivity index (χ4v) is 1.84. The van der Waals surface area contributed by atoms with Gasteiger partial charge in [-0.2, -0.15) is 18.3 Å². The molecule has 0 fully saturated rings. The first-order chi connectivity index (χ1) is 8.30. The van der Waals surface area contributed by atoms with Crippen molar-refractivity contribution < 1.29 is 13.2 Å². The van der Waals surface area contributed by atoms with Gasteiger partial charge in [0.2, 0.25) is 0 Å². The third-order valence-corrected chi connectivity index (χ3v) is 2.74. The molecule has 2 rings (SSSR count). The Hall–Kier alpha value is -1.98. The van der Waals surface area contributed by atoms with Gasteiger partial charge in [0.15, 0.2) is 5.82 Å². The van der Waals surface area contributed by atoms with Crippen molar-refractivity contribution in [2.45, 2.75) is 20.0 Å². The summed E-state index contributed by atoms with van der Waals surface area (Å²) in [4.78, 5) is 0. The van der Waals surface area contributed by atoms with Gasteiger partial charge in [-0.05, 0) is 25.0 Å². The molecule has 3 N–H and O–H groups in total. The molecule has 0 saturated carbocycles. The van der Waals surface area contributed by atoms with Gasteiger partial charge in [-0.25, -0.2) is 0 Å². The Kier molecular flexibility index (Phi) is 2.80. The fourth-order valence-electron chi connectivity index (χ4n) is 1.84. The van der Waals surface area contributed by atoms with Crippen molar-refractivity contribution >= 4 is 5.82 Å². The van der Waals surface area contributed by atoms with Crippen LogP contribution in [0.5, 0.6) is 0 Å². The summed E-state index contributed by atoms with van der Waals surface area (Å²) in [6.45, 7) is 3.55. The number of alkyl halides is 3. The lowest BCUT2D eigenvalue weighted by Gasteiger charge is -2.10. The van der Waals surface area contributed by atoms with E-state index in [9.17, 15) is 13.2 Å². The number of aromatic amines is 1. The third-order valence-electron chi connectivity index (χ3n) is 2.74. The van der Waals surface area contributed by atoms with Crippen molar-refractivity contribution in [3.05, 3.63) is 35.0 Å². The number of benzene rings is 1. The Balaban J connectivity index is 2.71. The first-order valence-corrected chi connectivity index (χ1v) is 5.29. The molecule has 1 aromatic heterocycles. The molecule has 0 bridgehead atoms. The molecule has 1 heterocycles. The highest BCUT2D eigenvalue weighted by Gasteiger charge is 2.37. The average molecular weight is 255 g/mol. The summed E-state index contributed by atoms with van der Waals surface area (Å²) in [7, 11) is 0. The molecular weight excluding hydrogens is 243 g/mol. The zero-order valence-electron chi connectivity index (χ0n) is 9.89. The van der Waals surface area contributed by atoms with E-state index in [2.05, 4.69) is 5.10 Å². The highest BCUT2D eigenvalue weighted by molar-refractivity contribution is 5.79. The smallest absolute Gasteiger partial charge is 0.382 e. The van der Waals surface area contributed by atoms with E-state index in [1.807, 2.05) is 18.1 Å². The van der Waals surface area contributed by atoms with E-state index in [4.69, 9.17) is 5.73 Å². The maximum atomic E-state index is 12.9. The van der Waals surface area contributed by atoms with Gasteiger partial charge in [0, 0.05) is 0 Å². The van der Waals surface area contributed by atoms with Crippen LogP contribution in [-0.2, 0) is 6.18 Å². The van der Waals surface area contributed by atoms with Crippen LogP contribution in [0.3, 0.4) is 0 Å². The number of nitrogens with two attached hydrogens (primary N) is 1. The summed E-state index contributed by atoms with van der Waals surface area (Å²) in [6, 6.07) is 5.27. The van der Waals surface area contributed by atoms with E-state index in [0.717, 1.165) is 11.1 Å². The van der Waals surface area contributed by atoms with E-state index < -0.39 is 11.9 Å². The molecule has 0 aliphatic carbocycles. The van der Waals surface area contributed by atoms with Crippen LogP contribution in [0.4, 0.5) is 19.0 Å². The Morgan fingerprint density at radius 1 is 1.22 bits per heavy atom. The lowest BCUT2D eigenvalue weighted by Crippen LogP contribution is -2.08. The Morgan fingerprint density at radius 3 is 2.50 bits per heavy atom. The zero-order valence-corrected chi connectivity index (χ0v) is 9.89. The Labute approximate surface area is 102 Å². The van der Waals surface area contributed by atoms with Gasteiger partial charge in [0.1, 0.15) is 5.69 Å². The Morgan fingerprint density at radius 2 is 1.89 bits per heavy atom. The second-order valence-corrected chi connectivity index (χ2v) is 4.17. The molecule has 0 spiro atoms.